The lowest BCUT2D eigenvalue weighted by Gasteiger charge is -2.09. The van der Waals surface area contributed by atoms with Gasteiger partial charge in [-0.3, -0.25) is 9.59 Å². The molecule has 7 heteroatoms. The lowest BCUT2D eigenvalue weighted by atomic mass is 10.2. The van der Waals surface area contributed by atoms with Gasteiger partial charge in [0.25, 0.3) is 0 Å². The van der Waals surface area contributed by atoms with E-state index in [9.17, 15) is 14.0 Å². The molecule has 0 bridgehead atoms. The number of methoxy groups -OCH3 is 1. The average molecular weight is 346 g/mol. The molecule has 0 saturated heterocycles. The van der Waals surface area contributed by atoms with E-state index in [1.54, 1.807) is 31.4 Å². The van der Waals surface area contributed by atoms with Crippen LogP contribution in [-0.4, -0.2) is 32.1 Å². The summed E-state index contributed by atoms with van der Waals surface area (Å²) in [6, 6.07) is 12.7. The van der Waals surface area contributed by atoms with Crippen LogP contribution in [0.5, 0.6) is 11.5 Å². The van der Waals surface area contributed by atoms with Crippen molar-refractivity contribution in [3.05, 3.63) is 59.9 Å². The highest BCUT2D eigenvalue weighted by molar-refractivity contribution is 6.35. The maximum absolute atomic E-state index is 12.8. The Kier molecular flexibility index (Phi) is 6.76. The Morgan fingerprint density at radius 3 is 2.16 bits per heavy atom. The summed E-state index contributed by atoms with van der Waals surface area (Å²) >= 11 is 0. The van der Waals surface area contributed by atoms with Crippen molar-refractivity contribution in [3.8, 4) is 11.5 Å². The third-order valence-electron chi connectivity index (χ3n) is 3.29. The number of hydrogen-bond acceptors (Lipinski definition) is 4. The van der Waals surface area contributed by atoms with Crippen molar-refractivity contribution < 1.29 is 23.5 Å². The molecule has 2 aromatic rings. The van der Waals surface area contributed by atoms with Gasteiger partial charge in [0.2, 0.25) is 0 Å². The Labute approximate surface area is 144 Å². The van der Waals surface area contributed by atoms with Crippen molar-refractivity contribution in [1.29, 1.82) is 0 Å². The van der Waals surface area contributed by atoms with Crippen LogP contribution in [-0.2, 0) is 16.1 Å². The van der Waals surface area contributed by atoms with Crippen LogP contribution in [0.4, 0.5) is 4.39 Å². The number of carbonyl (C=O) groups excluding carboxylic acids is 2. The molecule has 2 N–H and O–H groups in total. The first-order valence-corrected chi connectivity index (χ1v) is 7.66. The number of carbonyl (C=O) groups is 2. The van der Waals surface area contributed by atoms with Crippen molar-refractivity contribution in [1.82, 2.24) is 10.6 Å². The number of benzene rings is 2. The van der Waals surface area contributed by atoms with Crippen molar-refractivity contribution in [3.63, 3.8) is 0 Å². The van der Waals surface area contributed by atoms with Gasteiger partial charge in [-0.25, -0.2) is 4.39 Å². The van der Waals surface area contributed by atoms with E-state index >= 15 is 0 Å². The normalized spacial score (nSPS) is 10.0. The molecule has 0 radical (unpaired) electrons. The highest BCUT2D eigenvalue weighted by Crippen LogP contribution is 2.16. The number of ether oxygens (including phenoxy) is 2. The molecule has 0 aliphatic heterocycles. The molecule has 0 spiro atoms. The lowest BCUT2D eigenvalue weighted by molar-refractivity contribution is -0.139. The zero-order valence-corrected chi connectivity index (χ0v) is 13.8. The summed E-state index contributed by atoms with van der Waals surface area (Å²) in [5, 5.41) is 4.92. The summed E-state index contributed by atoms with van der Waals surface area (Å²) in [6.07, 6.45) is 0. The summed E-state index contributed by atoms with van der Waals surface area (Å²) in [7, 11) is 1.58. The monoisotopic (exact) mass is 346 g/mol. The van der Waals surface area contributed by atoms with Gasteiger partial charge in [-0.2, -0.15) is 0 Å². The minimum atomic E-state index is -0.756. The van der Waals surface area contributed by atoms with Gasteiger partial charge in [0.1, 0.15) is 23.9 Å². The second-order valence-electron chi connectivity index (χ2n) is 5.09. The molecule has 0 saturated carbocycles. The summed E-state index contributed by atoms with van der Waals surface area (Å²) < 4.78 is 23.3. The predicted octanol–water partition coefficient (Wildman–Crippen LogP) is 1.65. The molecule has 0 aliphatic carbocycles. The van der Waals surface area contributed by atoms with Gasteiger partial charge < -0.3 is 20.1 Å². The number of nitrogens with one attached hydrogen (secondary N) is 2. The predicted molar refractivity (Wildman–Crippen MR) is 89.7 cm³/mol. The van der Waals surface area contributed by atoms with E-state index in [1.165, 1.54) is 24.3 Å². The average Bonchev–Trinajstić information content (AvgIpc) is 2.64. The van der Waals surface area contributed by atoms with Crippen LogP contribution in [0.25, 0.3) is 0 Å². The second kappa shape index (κ2) is 9.27. The molecule has 0 aliphatic rings. The Morgan fingerprint density at radius 2 is 1.52 bits per heavy atom. The summed E-state index contributed by atoms with van der Waals surface area (Å²) in [6.45, 7) is 0.563. The first kappa shape index (κ1) is 18.3. The minimum absolute atomic E-state index is 0.148. The summed E-state index contributed by atoms with van der Waals surface area (Å²) in [5.41, 5.74) is 0.699. The molecule has 0 unspecified atom stereocenters. The fourth-order valence-electron chi connectivity index (χ4n) is 1.95. The number of amides is 2. The third-order valence-corrected chi connectivity index (χ3v) is 3.29. The van der Waals surface area contributed by atoms with E-state index in [0.717, 1.165) is 5.75 Å². The maximum atomic E-state index is 12.8. The van der Waals surface area contributed by atoms with Crippen LogP contribution < -0.4 is 20.1 Å². The summed E-state index contributed by atoms with van der Waals surface area (Å²) in [5.74, 6) is -0.506. The molecular weight excluding hydrogens is 327 g/mol. The van der Waals surface area contributed by atoms with E-state index in [-0.39, 0.29) is 25.5 Å². The van der Waals surface area contributed by atoms with Crippen LogP contribution in [0, 0.1) is 5.82 Å². The number of rotatable bonds is 7. The SMILES string of the molecule is COc1ccc(OCCNC(=O)C(=O)NCc2ccc(F)cc2)cc1. The van der Waals surface area contributed by atoms with E-state index in [4.69, 9.17) is 9.47 Å². The van der Waals surface area contributed by atoms with E-state index in [1.807, 2.05) is 0 Å². The molecule has 0 atom stereocenters. The van der Waals surface area contributed by atoms with E-state index in [0.29, 0.717) is 11.3 Å². The van der Waals surface area contributed by atoms with Gasteiger partial charge in [0, 0.05) is 6.54 Å². The number of halogens is 1. The molecule has 25 heavy (non-hydrogen) atoms. The van der Waals surface area contributed by atoms with Gasteiger partial charge in [-0.15, -0.1) is 0 Å². The molecule has 2 rings (SSSR count). The lowest BCUT2D eigenvalue weighted by Crippen LogP contribution is -2.41. The molecule has 6 nitrogen and oxygen atoms in total. The third kappa shape index (κ3) is 6.14. The van der Waals surface area contributed by atoms with E-state index in [2.05, 4.69) is 10.6 Å². The zero-order chi connectivity index (χ0) is 18.1. The smallest absolute Gasteiger partial charge is 0.309 e. The fourth-order valence-corrected chi connectivity index (χ4v) is 1.95. The fraction of sp³-hybridized carbons (Fsp3) is 0.222. The topological polar surface area (TPSA) is 76.7 Å². The van der Waals surface area contributed by atoms with Crippen LogP contribution >= 0.6 is 0 Å². The van der Waals surface area contributed by atoms with E-state index < -0.39 is 11.8 Å². The van der Waals surface area contributed by atoms with Crippen LogP contribution in [0.15, 0.2) is 48.5 Å². The molecule has 2 aromatic carbocycles. The zero-order valence-electron chi connectivity index (χ0n) is 13.8. The Bertz CT molecular complexity index is 702. The number of hydrogen-bond donors (Lipinski definition) is 2. The Morgan fingerprint density at radius 1 is 0.920 bits per heavy atom. The molecule has 0 aromatic heterocycles. The maximum Gasteiger partial charge on any atom is 0.309 e. The molecule has 0 fully saturated rings. The first-order valence-electron chi connectivity index (χ1n) is 7.66. The second-order valence-corrected chi connectivity index (χ2v) is 5.09. The molecule has 2 amide bonds. The van der Waals surface area contributed by atoms with Crippen molar-refractivity contribution in [2.45, 2.75) is 6.54 Å². The quantitative estimate of drug-likeness (QED) is 0.590. The van der Waals surface area contributed by atoms with Gasteiger partial charge in [0.05, 0.1) is 13.7 Å². The van der Waals surface area contributed by atoms with Crippen molar-refractivity contribution >= 4 is 11.8 Å². The standard InChI is InChI=1S/C18H19FN2O4/c1-24-15-6-8-16(9-7-15)25-11-10-20-17(22)18(23)21-12-13-2-4-14(19)5-3-13/h2-9H,10-12H2,1H3,(H,20,22)(H,21,23). The van der Waals surface area contributed by atoms with Gasteiger partial charge >= 0.3 is 11.8 Å². The highest BCUT2D eigenvalue weighted by atomic mass is 19.1. The van der Waals surface area contributed by atoms with Gasteiger partial charge in [0.15, 0.2) is 0 Å². The van der Waals surface area contributed by atoms with Gasteiger partial charge in [-0.1, -0.05) is 12.1 Å². The molecular formula is C18H19FN2O4. The van der Waals surface area contributed by atoms with Crippen molar-refractivity contribution in [2.75, 3.05) is 20.3 Å². The van der Waals surface area contributed by atoms with Crippen LogP contribution in [0.1, 0.15) is 5.56 Å². The minimum Gasteiger partial charge on any atom is -0.497 e. The van der Waals surface area contributed by atoms with Crippen LogP contribution in [0.3, 0.4) is 0 Å². The van der Waals surface area contributed by atoms with Gasteiger partial charge in [-0.05, 0) is 42.0 Å². The Hall–Kier alpha value is -3.09. The first-order chi connectivity index (χ1) is 12.1. The molecule has 0 heterocycles. The molecule has 132 valence electrons. The summed E-state index contributed by atoms with van der Waals surface area (Å²) in [4.78, 5) is 23.3. The Balaban J connectivity index is 1.65. The largest absolute Gasteiger partial charge is 0.497 e. The van der Waals surface area contributed by atoms with Crippen LogP contribution in [0.2, 0.25) is 0 Å². The highest BCUT2D eigenvalue weighted by Gasteiger charge is 2.12. The van der Waals surface area contributed by atoms with Crippen molar-refractivity contribution in [2.24, 2.45) is 0 Å².